The second kappa shape index (κ2) is 6.12. The van der Waals surface area contributed by atoms with Gasteiger partial charge in [0.1, 0.15) is 0 Å². The van der Waals surface area contributed by atoms with Gasteiger partial charge in [-0.05, 0) is 43.9 Å². The van der Waals surface area contributed by atoms with Crippen LogP contribution in [0.4, 0.5) is 0 Å². The molecule has 1 N–H and O–H groups in total. The van der Waals surface area contributed by atoms with Crippen molar-refractivity contribution < 1.29 is 9.47 Å². The van der Waals surface area contributed by atoms with Crippen LogP contribution in [0.25, 0.3) is 0 Å². The van der Waals surface area contributed by atoms with E-state index >= 15 is 0 Å². The Morgan fingerprint density at radius 3 is 2.64 bits per heavy atom. The quantitative estimate of drug-likeness (QED) is 0.584. The van der Waals surface area contributed by atoms with Crippen LogP contribution in [0.2, 0.25) is 0 Å². The second-order valence-electron chi connectivity index (χ2n) is 9.14. The smallest absolute Gasteiger partial charge is 0.193 e. The second-order valence-corrected chi connectivity index (χ2v) is 9.14. The molecule has 5 rings (SSSR count). The van der Waals surface area contributed by atoms with Gasteiger partial charge in [0.15, 0.2) is 5.96 Å². The summed E-state index contributed by atoms with van der Waals surface area (Å²) in [5.74, 6) is 1.85. The zero-order valence-electron chi connectivity index (χ0n) is 15.6. The van der Waals surface area contributed by atoms with Crippen molar-refractivity contribution in [1.82, 2.24) is 10.2 Å². The lowest BCUT2D eigenvalue weighted by atomic mass is 9.54. The van der Waals surface area contributed by atoms with Crippen LogP contribution in [0.5, 0.6) is 0 Å². The lowest BCUT2D eigenvalue weighted by molar-refractivity contribution is -0.125. The lowest BCUT2D eigenvalue weighted by Crippen LogP contribution is -2.69. The number of fused-ring (bicyclic) bond motifs is 2. The van der Waals surface area contributed by atoms with Gasteiger partial charge in [0.05, 0.1) is 6.10 Å². The molecule has 3 saturated heterocycles. The number of hydrogen-bond acceptors (Lipinski definition) is 3. The fraction of sp³-hybridized carbons (Fsp3) is 0.950. The van der Waals surface area contributed by atoms with Crippen LogP contribution < -0.4 is 5.32 Å². The summed E-state index contributed by atoms with van der Waals surface area (Å²) in [5, 5.41) is 3.94. The fourth-order valence-electron chi connectivity index (χ4n) is 6.67. The van der Waals surface area contributed by atoms with Gasteiger partial charge in [-0.1, -0.05) is 12.8 Å². The first-order chi connectivity index (χ1) is 12.3. The van der Waals surface area contributed by atoms with E-state index in [9.17, 15) is 0 Å². The molecule has 0 amide bonds. The van der Waals surface area contributed by atoms with E-state index in [1.807, 2.05) is 7.05 Å². The molecular formula is C20H33N3O2. The molecule has 5 nitrogen and oxygen atoms in total. The van der Waals surface area contributed by atoms with Crippen molar-refractivity contribution in [2.45, 2.75) is 63.5 Å². The maximum absolute atomic E-state index is 6.14. The van der Waals surface area contributed by atoms with E-state index in [1.165, 1.54) is 51.4 Å². The number of rotatable bonds is 1. The summed E-state index contributed by atoms with van der Waals surface area (Å²) in [6, 6.07) is 0.576. The largest absolute Gasteiger partial charge is 0.381 e. The van der Waals surface area contributed by atoms with Crippen molar-refractivity contribution in [2.24, 2.45) is 21.7 Å². The third kappa shape index (κ3) is 2.45. The molecule has 3 atom stereocenters. The molecule has 0 bridgehead atoms. The van der Waals surface area contributed by atoms with E-state index in [0.717, 1.165) is 38.9 Å². The summed E-state index contributed by atoms with van der Waals surface area (Å²) >= 11 is 0. The molecule has 2 spiro atoms. The van der Waals surface area contributed by atoms with Crippen molar-refractivity contribution in [1.29, 1.82) is 0 Å². The molecule has 2 aliphatic carbocycles. The Bertz CT molecular complexity index is 537. The molecule has 5 heteroatoms. The van der Waals surface area contributed by atoms with Gasteiger partial charge in [0, 0.05) is 57.3 Å². The van der Waals surface area contributed by atoms with Crippen LogP contribution in [0.3, 0.4) is 0 Å². The van der Waals surface area contributed by atoms with E-state index in [1.54, 1.807) is 0 Å². The summed E-state index contributed by atoms with van der Waals surface area (Å²) in [4.78, 5) is 7.22. The average molecular weight is 348 g/mol. The molecule has 3 aliphatic heterocycles. The van der Waals surface area contributed by atoms with E-state index in [-0.39, 0.29) is 0 Å². The van der Waals surface area contributed by atoms with Crippen molar-refractivity contribution in [3.05, 3.63) is 0 Å². The lowest BCUT2D eigenvalue weighted by Gasteiger charge is -2.57. The highest BCUT2D eigenvalue weighted by atomic mass is 16.5. The monoisotopic (exact) mass is 347 g/mol. The molecule has 0 aromatic rings. The number of ether oxygens (including phenoxy) is 2. The summed E-state index contributed by atoms with van der Waals surface area (Å²) < 4.78 is 11.7. The maximum Gasteiger partial charge on any atom is 0.193 e. The topological polar surface area (TPSA) is 46.1 Å². The van der Waals surface area contributed by atoms with Gasteiger partial charge in [-0.15, -0.1) is 0 Å². The van der Waals surface area contributed by atoms with Gasteiger partial charge < -0.3 is 19.7 Å². The third-order valence-electron chi connectivity index (χ3n) is 8.07. The maximum atomic E-state index is 6.14. The van der Waals surface area contributed by atoms with Crippen LogP contribution >= 0.6 is 0 Å². The number of nitrogens with one attached hydrogen (secondary N) is 1. The Kier molecular flexibility index (Phi) is 4.01. The van der Waals surface area contributed by atoms with Crippen LogP contribution in [-0.4, -0.2) is 63.0 Å². The van der Waals surface area contributed by atoms with Gasteiger partial charge >= 0.3 is 0 Å². The number of guanidine groups is 1. The Morgan fingerprint density at radius 1 is 1.08 bits per heavy atom. The molecule has 0 aromatic heterocycles. The summed E-state index contributed by atoms with van der Waals surface area (Å²) in [5.41, 5.74) is 0.868. The third-order valence-corrected chi connectivity index (χ3v) is 8.07. The van der Waals surface area contributed by atoms with Crippen LogP contribution in [0, 0.1) is 16.7 Å². The van der Waals surface area contributed by atoms with Gasteiger partial charge in [-0.3, -0.25) is 4.99 Å². The van der Waals surface area contributed by atoms with Gasteiger partial charge in [-0.25, -0.2) is 0 Å². The highest BCUT2D eigenvalue weighted by Crippen LogP contribution is 2.60. The molecule has 5 fully saturated rings. The highest BCUT2D eigenvalue weighted by Gasteiger charge is 2.65. The zero-order chi connectivity index (χ0) is 16.9. The molecule has 5 aliphatic rings. The fourth-order valence-corrected chi connectivity index (χ4v) is 6.67. The first-order valence-corrected chi connectivity index (χ1v) is 10.4. The van der Waals surface area contributed by atoms with Crippen molar-refractivity contribution in [3.63, 3.8) is 0 Å². The number of aliphatic imine (C=N–C) groups is 1. The molecule has 140 valence electrons. The summed E-state index contributed by atoms with van der Waals surface area (Å²) in [6.45, 7) is 5.13. The van der Waals surface area contributed by atoms with Crippen LogP contribution in [-0.2, 0) is 9.47 Å². The summed E-state index contributed by atoms with van der Waals surface area (Å²) in [6.07, 6.45) is 10.9. The van der Waals surface area contributed by atoms with Gasteiger partial charge in [0.2, 0.25) is 0 Å². The van der Waals surface area contributed by atoms with Crippen LogP contribution in [0.1, 0.15) is 51.4 Å². The number of hydrogen-bond donors (Lipinski definition) is 1. The Hall–Kier alpha value is -0.810. The SMILES string of the molecule is CN=C(NC1C2CCOC2C12CCCC2)N1CCC2(CCOCC2)C1. The number of nitrogens with zero attached hydrogens (tertiary/aromatic N) is 2. The molecule has 25 heavy (non-hydrogen) atoms. The number of likely N-dealkylation sites (tertiary alicyclic amines) is 1. The van der Waals surface area contributed by atoms with Gasteiger partial charge in [-0.2, -0.15) is 0 Å². The predicted molar refractivity (Wildman–Crippen MR) is 97.7 cm³/mol. The van der Waals surface area contributed by atoms with Crippen molar-refractivity contribution in [3.8, 4) is 0 Å². The minimum atomic E-state index is 0.396. The van der Waals surface area contributed by atoms with E-state index in [4.69, 9.17) is 14.5 Å². The minimum absolute atomic E-state index is 0.396. The Morgan fingerprint density at radius 2 is 1.88 bits per heavy atom. The average Bonchev–Trinajstić information content (AvgIpc) is 3.36. The van der Waals surface area contributed by atoms with E-state index in [2.05, 4.69) is 10.2 Å². The minimum Gasteiger partial charge on any atom is -0.381 e. The van der Waals surface area contributed by atoms with E-state index in [0.29, 0.717) is 28.9 Å². The molecule has 3 unspecified atom stereocenters. The van der Waals surface area contributed by atoms with Crippen molar-refractivity contribution in [2.75, 3.05) is 40.0 Å². The highest BCUT2D eigenvalue weighted by molar-refractivity contribution is 5.81. The standard InChI is InChI=1S/C20H33N3O2/c1-21-18(23-10-7-19(14-23)8-12-24-13-9-19)22-16-15-4-11-25-17(15)20(16)5-2-3-6-20/h15-17H,2-14H2,1H3,(H,21,22). The Balaban J connectivity index is 1.29. The van der Waals surface area contributed by atoms with Crippen LogP contribution in [0.15, 0.2) is 4.99 Å². The predicted octanol–water partition coefficient (Wildman–Crippen LogP) is 2.41. The normalized spacial score (nSPS) is 39.0. The molecular weight excluding hydrogens is 314 g/mol. The first-order valence-electron chi connectivity index (χ1n) is 10.4. The van der Waals surface area contributed by atoms with Gasteiger partial charge in [0.25, 0.3) is 0 Å². The van der Waals surface area contributed by atoms with E-state index < -0.39 is 0 Å². The molecule has 0 aromatic carbocycles. The molecule has 0 radical (unpaired) electrons. The summed E-state index contributed by atoms with van der Waals surface area (Å²) in [7, 11) is 1.96. The van der Waals surface area contributed by atoms with Crippen molar-refractivity contribution >= 4 is 5.96 Å². The molecule has 2 saturated carbocycles. The first kappa shape index (κ1) is 16.4. The Labute approximate surface area is 151 Å². The molecule has 3 heterocycles. The zero-order valence-corrected chi connectivity index (χ0v) is 15.6.